The molecule has 0 radical (unpaired) electrons. The number of rotatable bonds is 4. The van der Waals surface area contributed by atoms with Crippen molar-refractivity contribution in [3.05, 3.63) is 121 Å². The van der Waals surface area contributed by atoms with Crippen LogP contribution in [0.5, 0.6) is 5.75 Å². The third kappa shape index (κ3) is 4.88. The van der Waals surface area contributed by atoms with E-state index in [-0.39, 0.29) is 16.4 Å². The SMILES string of the molecule is O=C(Oc1ccc(/C=c2\[nH]c(=O)/c(=C/c3ccccc3)[nH]c2=O)nc1)c1ccncc1. The summed E-state index contributed by atoms with van der Waals surface area (Å²) in [6.07, 6.45) is 7.37. The minimum atomic E-state index is -0.535. The number of aromatic amines is 2. The second-order valence-corrected chi connectivity index (χ2v) is 6.48. The number of hydrogen-bond donors (Lipinski definition) is 2. The van der Waals surface area contributed by atoms with Gasteiger partial charge in [0.25, 0.3) is 11.1 Å². The molecule has 1 aromatic carbocycles. The van der Waals surface area contributed by atoms with Crippen LogP contribution in [0.1, 0.15) is 21.6 Å². The van der Waals surface area contributed by atoms with Crippen LogP contribution in [0.4, 0.5) is 0 Å². The van der Waals surface area contributed by atoms with Crippen LogP contribution in [-0.2, 0) is 0 Å². The summed E-state index contributed by atoms with van der Waals surface area (Å²) in [7, 11) is 0. The molecular weight excluding hydrogens is 396 g/mol. The molecule has 0 aliphatic heterocycles. The molecule has 0 spiro atoms. The second kappa shape index (κ2) is 8.83. The van der Waals surface area contributed by atoms with E-state index in [1.165, 1.54) is 24.7 Å². The Morgan fingerprint density at radius 2 is 1.52 bits per heavy atom. The normalized spacial score (nSPS) is 12.0. The largest absolute Gasteiger partial charge is 0.421 e. The molecule has 0 aliphatic rings. The molecule has 152 valence electrons. The Morgan fingerprint density at radius 3 is 2.16 bits per heavy atom. The molecule has 0 amide bonds. The van der Waals surface area contributed by atoms with E-state index in [2.05, 4.69) is 19.9 Å². The number of hydrogen-bond acceptors (Lipinski definition) is 6. The van der Waals surface area contributed by atoms with Crippen molar-refractivity contribution < 1.29 is 9.53 Å². The summed E-state index contributed by atoms with van der Waals surface area (Å²) < 4.78 is 5.25. The van der Waals surface area contributed by atoms with Gasteiger partial charge in [-0.3, -0.25) is 19.6 Å². The molecule has 0 bridgehead atoms. The summed E-state index contributed by atoms with van der Waals surface area (Å²) in [5.74, 6) is -0.291. The van der Waals surface area contributed by atoms with E-state index in [1.54, 1.807) is 30.3 Å². The van der Waals surface area contributed by atoms with Crippen LogP contribution in [0, 0.1) is 0 Å². The van der Waals surface area contributed by atoms with E-state index >= 15 is 0 Å². The van der Waals surface area contributed by atoms with Crippen molar-refractivity contribution in [2.75, 3.05) is 0 Å². The maximum Gasteiger partial charge on any atom is 0.343 e. The quantitative estimate of drug-likeness (QED) is 0.477. The number of carbonyl (C=O) groups excluding carboxylic acids is 1. The molecule has 4 rings (SSSR count). The molecule has 8 nitrogen and oxygen atoms in total. The van der Waals surface area contributed by atoms with Crippen molar-refractivity contribution in [3.8, 4) is 5.75 Å². The Morgan fingerprint density at radius 1 is 0.839 bits per heavy atom. The predicted molar refractivity (Wildman–Crippen MR) is 114 cm³/mol. The van der Waals surface area contributed by atoms with Gasteiger partial charge in [-0.1, -0.05) is 30.3 Å². The van der Waals surface area contributed by atoms with Crippen LogP contribution in [-0.4, -0.2) is 25.9 Å². The average Bonchev–Trinajstić information content (AvgIpc) is 2.80. The zero-order valence-electron chi connectivity index (χ0n) is 16.1. The summed E-state index contributed by atoms with van der Waals surface area (Å²) in [5.41, 5.74) is 0.667. The van der Waals surface area contributed by atoms with Crippen LogP contribution < -0.4 is 26.6 Å². The number of carbonyl (C=O) groups is 1. The molecule has 0 atom stereocenters. The molecule has 4 aromatic rings. The first-order valence-electron chi connectivity index (χ1n) is 9.28. The zero-order chi connectivity index (χ0) is 21.6. The topological polar surface area (TPSA) is 118 Å². The Balaban J connectivity index is 1.58. The molecular formula is C23H16N4O4. The smallest absolute Gasteiger partial charge is 0.343 e. The number of ether oxygens (including phenoxy) is 1. The van der Waals surface area contributed by atoms with Crippen LogP contribution >= 0.6 is 0 Å². The predicted octanol–water partition coefficient (Wildman–Crippen LogP) is 0.730. The van der Waals surface area contributed by atoms with Crippen LogP contribution in [0.25, 0.3) is 12.2 Å². The van der Waals surface area contributed by atoms with Crippen molar-refractivity contribution in [1.29, 1.82) is 0 Å². The van der Waals surface area contributed by atoms with E-state index in [0.29, 0.717) is 11.3 Å². The molecule has 3 heterocycles. The first-order chi connectivity index (χ1) is 15.1. The van der Waals surface area contributed by atoms with Gasteiger partial charge in [0.2, 0.25) is 0 Å². The zero-order valence-corrected chi connectivity index (χ0v) is 16.1. The minimum Gasteiger partial charge on any atom is -0.421 e. The minimum absolute atomic E-state index is 0.0595. The summed E-state index contributed by atoms with van der Waals surface area (Å²) in [6.45, 7) is 0. The van der Waals surface area contributed by atoms with Crippen molar-refractivity contribution in [2.24, 2.45) is 0 Å². The van der Waals surface area contributed by atoms with Gasteiger partial charge in [-0.15, -0.1) is 0 Å². The first kappa shape index (κ1) is 19.7. The Bertz CT molecular complexity index is 1440. The van der Waals surface area contributed by atoms with Crippen molar-refractivity contribution in [2.45, 2.75) is 0 Å². The van der Waals surface area contributed by atoms with Crippen LogP contribution in [0.2, 0.25) is 0 Å². The highest BCUT2D eigenvalue weighted by atomic mass is 16.5. The number of H-pyrrole nitrogens is 2. The molecule has 0 saturated heterocycles. The number of esters is 1. The van der Waals surface area contributed by atoms with Crippen molar-refractivity contribution in [1.82, 2.24) is 19.9 Å². The third-order valence-corrected chi connectivity index (χ3v) is 4.27. The van der Waals surface area contributed by atoms with Crippen molar-refractivity contribution in [3.63, 3.8) is 0 Å². The van der Waals surface area contributed by atoms with Gasteiger partial charge in [-0.25, -0.2) is 4.79 Å². The number of nitrogens with zero attached hydrogens (tertiary/aromatic N) is 2. The maximum atomic E-state index is 12.4. The monoisotopic (exact) mass is 412 g/mol. The number of aromatic nitrogens is 4. The lowest BCUT2D eigenvalue weighted by atomic mass is 10.2. The fourth-order valence-corrected chi connectivity index (χ4v) is 2.75. The lowest BCUT2D eigenvalue weighted by Crippen LogP contribution is -2.46. The lowest BCUT2D eigenvalue weighted by Gasteiger charge is -2.03. The second-order valence-electron chi connectivity index (χ2n) is 6.48. The number of benzene rings is 1. The number of nitrogens with one attached hydrogen (secondary N) is 2. The van der Waals surface area contributed by atoms with Gasteiger partial charge in [-0.05, 0) is 42.0 Å². The third-order valence-electron chi connectivity index (χ3n) is 4.27. The highest BCUT2D eigenvalue weighted by Gasteiger charge is 2.08. The van der Waals surface area contributed by atoms with E-state index in [1.807, 2.05) is 30.3 Å². The molecule has 0 saturated carbocycles. The highest BCUT2D eigenvalue weighted by Crippen LogP contribution is 2.12. The Kier molecular flexibility index (Phi) is 5.62. The summed E-state index contributed by atoms with van der Waals surface area (Å²) in [6, 6.07) is 15.4. The lowest BCUT2D eigenvalue weighted by molar-refractivity contribution is 0.0734. The van der Waals surface area contributed by atoms with Gasteiger partial charge in [-0.2, -0.15) is 0 Å². The molecule has 3 aromatic heterocycles. The Hall–Kier alpha value is -4.59. The van der Waals surface area contributed by atoms with Gasteiger partial charge < -0.3 is 14.7 Å². The van der Waals surface area contributed by atoms with Crippen LogP contribution in [0.3, 0.4) is 0 Å². The average molecular weight is 412 g/mol. The summed E-state index contributed by atoms with van der Waals surface area (Å²) in [5, 5.41) is 0.212. The van der Waals surface area contributed by atoms with E-state index in [4.69, 9.17) is 4.74 Å². The molecule has 31 heavy (non-hydrogen) atoms. The van der Waals surface area contributed by atoms with Gasteiger partial charge in [0.15, 0.2) is 0 Å². The first-order valence-corrected chi connectivity index (χ1v) is 9.28. The molecule has 0 aliphatic carbocycles. The van der Waals surface area contributed by atoms with Crippen LogP contribution in [0.15, 0.2) is 82.8 Å². The highest BCUT2D eigenvalue weighted by molar-refractivity contribution is 5.90. The molecule has 0 fully saturated rings. The van der Waals surface area contributed by atoms with Gasteiger partial charge >= 0.3 is 5.97 Å². The standard InChI is InChI=1S/C23H16N4O4/c28-21-19(12-15-4-2-1-3-5-15)26-22(29)20(27-21)13-17-6-7-18(14-25-17)31-23(30)16-8-10-24-11-9-16/h1-14H,(H,26,29)(H,27,28)/b19-12-,20-13-. The van der Waals surface area contributed by atoms with E-state index in [0.717, 1.165) is 5.56 Å². The maximum absolute atomic E-state index is 12.4. The van der Waals surface area contributed by atoms with Gasteiger partial charge in [0.1, 0.15) is 16.4 Å². The van der Waals surface area contributed by atoms with Gasteiger partial charge in [0.05, 0.1) is 17.5 Å². The number of pyridine rings is 2. The van der Waals surface area contributed by atoms with Gasteiger partial charge in [0, 0.05) is 12.4 Å². The fourth-order valence-electron chi connectivity index (χ4n) is 2.75. The fraction of sp³-hybridized carbons (Fsp3) is 0. The summed E-state index contributed by atoms with van der Waals surface area (Å²) >= 11 is 0. The van der Waals surface area contributed by atoms with E-state index in [9.17, 15) is 14.4 Å². The molecule has 0 unspecified atom stereocenters. The summed E-state index contributed by atoms with van der Waals surface area (Å²) in [4.78, 5) is 49.9. The molecule has 2 N–H and O–H groups in total. The molecule has 8 heteroatoms. The van der Waals surface area contributed by atoms with Crippen molar-refractivity contribution >= 4 is 18.1 Å². The Labute approximate surface area is 175 Å². The van der Waals surface area contributed by atoms with E-state index < -0.39 is 17.1 Å².